The molecule has 0 aliphatic heterocycles. The third kappa shape index (κ3) is 3.63. The van der Waals surface area contributed by atoms with Gasteiger partial charge >= 0.3 is 0 Å². The van der Waals surface area contributed by atoms with Gasteiger partial charge in [-0.15, -0.1) is 11.3 Å². The predicted octanol–water partition coefficient (Wildman–Crippen LogP) is 4.39. The van der Waals surface area contributed by atoms with E-state index >= 15 is 0 Å². The molecule has 0 saturated carbocycles. The molecule has 0 radical (unpaired) electrons. The van der Waals surface area contributed by atoms with Crippen LogP contribution in [0, 0.1) is 25.5 Å². The predicted molar refractivity (Wildman–Crippen MR) is 99.7 cm³/mol. The first-order valence-electron chi connectivity index (χ1n) is 7.50. The number of benzene rings is 1. The van der Waals surface area contributed by atoms with Gasteiger partial charge in [-0.3, -0.25) is 0 Å². The van der Waals surface area contributed by atoms with Gasteiger partial charge in [-0.05, 0) is 56.2 Å². The first kappa shape index (κ1) is 16.6. The van der Waals surface area contributed by atoms with Gasteiger partial charge in [-0.2, -0.15) is 14.9 Å². The summed E-state index contributed by atoms with van der Waals surface area (Å²) in [5.41, 5.74) is 2.18. The van der Waals surface area contributed by atoms with Gasteiger partial charge in [-0.1, -0.05) is 18.2 Å². The zero-order valence-electron chi connectivity index (χ0n) is 13.7. The number of nitrogens with one attached hydrogen (secondary N) is 1. The van der Waals surface area contributed by atoms with Crippen molar-refractivity contribution < 1.29 is 4.74 Å². The Hall–Kier alpha value is -2.25. The van der Waals surface area contributed by atoms with Crippen molar-refractivity contribution >= 4 is 29.8 Å². The number of aryl methyl sites for hydroxylation is 3. The molecule has 0 amide bonds. The van der Waals surface area contributed by atoms with Crippen molar-refractivity contribution in [1.82, 2.24) is 14.9 Å². The Morgan fingerprint density at radius 3 is 2.67 bits per heavy atom. The zero-order chi connectivity index (χ0) is 17.1. The summed E-state index contributed by atoms with van der Waals surface area (Å²) in [5.74, 6) is 1.50. The largest absolute Gasteiger partial charge is 0.485 e. The molecule has 2 heterocycles. The van der Waals surface area contributed by atoms with Crippen LogP contribution in [0.3, 0.4) is 0 Å². The van der Waals surface area contributed by atoms with Crippen LogP contribution in [-0.2, 0) is 6.61 Å². The maximum atomic E-state index is 5.94. The van der Waals surface area contributed by atoms with E-state index < -0.39 is 0 Å². The van der Waals surface area contributed by atoms with E-state index in [2.05, 4.69) is 28.3 Å². The lowest BCUT2D eigenvalue weighted by atomic mass is 10.1. The molecule has 3 rings (SSSR count). The van der Waals surface area contributed by atoms with Gasteiger partial charge in [0.15, 0.2) is 5.82 Å². The average Bonchev–Trinajstić information content (AvgIpc) is 3.11. The van der Waals surface area contributed by atoms with Gasteiger partial charge in [-0.25, -0.2) is 5.10 Å². The van der Waals surface area contributed by atoms with E-state index in [0.717, 1.165) is 21.8 Å². The van der Waals surface area contributed by atoms with Gasteiger partial charge in [0, 0.05) is 9.75 Å². The highest BCUT2D eigenvalue weighted by Crippen LogP contribution is 2.23. The number of aromatic nitrogens is 3. The van der Waals surface area contributed by atoms with Crippen LogP contribution >= 0.6 is 23.6 Å². The molecule has 2 aromatic heterocycles. The molecule has 7 heteroatoms. The summed E-state index contributed by atoms with van der Waals surface area (Å²) >= 11 is 6.93. The number of para-hydroxylation sites is 1. The van der Waals surface area contributed by atoms with Crippen LogP contribution in [0.5, 0.6) is 5.75 Å². The Balaban J connectivity index is 1.80. The van der Waals surface area contributed by atoms with Gasteiger partial charge in [0.05, 0.1) is 6.21 Å². The van der Waals surface area contributed by atoms with E-state index in [1.807, 2.05) is 38.1 Å². The van der Waals surface area contributed by atoms with Crippen molar-refractivity contribution in [2.24, 2.45) is 5.10 Å². The second-order valence-corrected chi connectivity index (χ2v) is 7.17. The van der Waals surface area contributed by atoms with Crippen LogP contribution in [0.4, 0.5) is 0 Å². The molecule has 3 aromatic rings. The minimum atomic E-state index is 0.291. The van der Waals surface area contributed by atoms with E-state index in [-0.39, 0.29) is 0 Å². The first-order valence-corrected chi connectivity index (χ1v) is 8.73. The number of nitrogens with zero attached hydrogens (tertiary/aromatic N) is 3. The van der Waals surface area contributed by atoms with Crippen LogP contribution in [0.2, 0.25) is 0 Å². The summed E-state index contributed by atoms with van der Waals surface area (Å²) in [6, 6.07) is 10.2. The van der Waals surface area contributed by atoms with Crippen molar-refractivity contribution in [3.05, 3.63) is 61.8 Å². The van der Waals surface area contributed by atoms with Gasteiger partial charge in [0.25, 0.3) is 0 Å². The molecule has 24 heavy (non-hydrogen) atoms. The monoisotopic (exact) mass is 358 g/mol. The second kappa shape index (κ2) is 7.11. The molecule has 1 aromatic carbocycles. The van der Waals surface area contributed by atoms with Gasteiger partial charge in [0.2, 0.25) is 4.77 Å². The first-order chi connectivity index (χ1) is 11.5. The number of rotatable bonds is 5. The standard InChI is InChI=1S/C17H18N4OS2/c1-11-5-4-6-12(2)16(11)22-10-15-19-20-17(23)21(15)18-9-14-8-7-13(3)24-14/h4-9H,10H2,1-3H3,(H,20,23)/b18-9-. The maximum absolute atomic E-state index is 5.94. The number of hydrogen-bond donors (Lipinski definition) is 1. The SMILES string of the molecule is Cc1ccc(/C=N\n2c(COc3c(C)cccc3C)n[nH]c2=S)s1. The Bertz CT molecular complexity index is 916. The Morgan fingerprint density at radius 1 is 1.25 bits per heavy atom. The highest BCUT2D eigenvalue weighted by molar-refractivity contribution is 7.71. The molecular weight excluding hydrogens is 340 g/mol. The number of ether oxygens (including phenoxy) is 1. The second-order valence-electron chi connectivity index (χ2n) is 5.46. The molecule has 5 nitrogen and oxygen atoms in total. The molecular formula is C17H18N4OS2. The van der Waals surface area contributed by atoms with Crippen LogP contribution in [0.1, 0.15) is 26.7 Å². The van der Waals surface area contributed by atoms with Gasteiger partial charge in [0.1, 0.15) is 12.4 Å². The van der Waals surface area contributed by atoms with E-state index in [9.17, 15) is 0 Å². The average molecular weight is 358 g/mol. The van der Waals surface area contributed by atoms with Crippen molar-refractivity contribution in [3.63, 3.8) is 0 Å². The van der Waals surface area contributed by atoms with Crippen LogP contribution < -0.4 is 4.74 Å². The summed E-state index contributed by atoms with van der Waals surface area (Å²) in [4.78, 5) is 2.31. The normalized spacial score (nSPS) is 11.3. The molecule has 0 saturated heterocycles. The quantitative estimate of drug-likeness (QED) is 0.544. The summed E-state index contributed by atoms with van der Waals surface area (Å²) in [7, 11) is 0. The summed E-state index contributed by atoms with van der Waals surface area (Å²) in [5, 5.41) is 11.4. The highest BCUT2D eigenvalue weighted by atomic mass is 32.1. The Morgan fingerprint density at radius 2 is 2.00 bits per heavy atom. The van der Waals surface area contributed by atoms with Crippen LogP contribution in [0.15, 0.2) is 35.4 Å². The van der Waals surface area contributed by atoms with Crippen molar-refractivity contribution in [3.8, 4) is 5.75 Å². The zero-order valence-corrected chi connectivity index (χ0v) is 15.4. The molecule has 0 fully saturated rings. The summed E-state index contributed by atoms with van der Waals surface area (Å²) < 4.78 is 7.98. The molecule has 0 unspecified atom stereocenters. The number of thiophene rings is 1. The Labute approximate surface area is 149 Å². The third-order valence-electron chi connectivity index (χ3n) is 3.53. The van der Waals surface area contributed by atoms with Crippen molar-refractivity contribution in [2.75, 3.05) is 0 Å². The lowest BCUT2D eigenvalue weighted by Crippen LogP contribution is -2.05. The lowest BCUT2D eigenvalue weighted by molar-refractivity contribution is 0.287. The lowest BCUT2D eigenvalue weighted by Gasteiger charge is -2.11. The molecule has 0 aliphatic carbocycles. The molecule has 0 atom stereocenters. The maximum Gasteiger partial charge on any atom is 0.216 e. The Kier molecular flexibility index (Phi) is 4.92. The van der Waals surface area contributed by atoms with E-state index in [1.165, 1.54) is 4.88 Å². The fourth-order valence-corrected chi connectivity index (χ4v) is 3.28. The molecule has 124 valence electrons. The molecule has 0 bridgehead atoms. The highest BCUT2D eigenvalue weighted by Gasteiger charge is 2.09. The van der Waals surface area contributed by atoms with Crippen molar-refractivity contribution in [1.29, 1.82) is 0 Å². The molecule has 1 N–H and O–H groups in total. The fourth-order valence-electron chi connectivity index (χ4n) is 2.34. The minimum absolute atomic E-state index is 0.291. The fraction of sp³-hybridized carbons (Fsp3) is 0.235. The van der Waals surface area contributed by atoms with E-state index in [4.69, 9.17) is 17.0 Å². The minimum Gasteiger partial charge on any atom is -0.485 e. The topological polar surface area (TPSA) is 55.2 Å². The van der Waals surface area contributed by atoms with Crippen LogP contribution in [0.25, 0.3) is 0 Å². The van der Waals surface area contributed by atoms with E-state index in [0.29, 0.717) is 17.2 Å². The smallest absolute Gasteiger partial charge is 0.216 e. The summed E-state index contributed by atoms with van der Waals surface area (Å²) in [6.45, 7) is 6.41. The molecule has 0 spiro atoms. The number of aromatic amines is 1. The number of H-pyrrole nitrogens is 1. The van der Waals surface area contributed by atoms with Crippen LogP contribution in [-0.4, -0.2) is 21.1 Å². The van der Waals surface area contributed by atoms with Crippen molar-refractivity contribution in [2.45, 2.75) is 27.4 Å². The third-order valence-corrected chi connectivity index (χ3v) is 4.73. The number of hydrogen-bond acceptors (Lipinski definition) is 5. The van der Waals surface area contributed by atoms with Gasteiger partial charge < -0.3 is 4.74 Å². The van der Waals surface area contributed by atoms with E-state index in [1.54, 1.807) is 22.2 Å². The molecule has 0 aliphatic rings. The summed E-state index contributed by atoms with van der Waals surface area (Å²) in [6.07, 6.45) is 1.78.